The van der Waals surface area contributed by atoms with Crippen LogP contribution >= 0.6 is 31.3 Å². The highest BCUT2D eigenvalue weighted by atomic mass is 31.2. The number of nitrogens with two attached hydrogens (primary N) is 1. The van der Waals surface area contributed by atoms with Crippen LogP contribution in [0.1, 0.15) is 12.6 Å². The number of fused-ring (bicyclic) bond motifs is 1. The van der Waals surface area contributed by atoms with E-state index in [0.717, 1.165) is 0 Å². The minimum absolute atomic E-state index is 0.0171. The van der Waals surface area contributed by atoms with E-state index in [1.807, 2.05) is 0 Å². The number of ether oxygens (including phenoxy) is 1. The molecule has 0 amide bonds. The van der Waals surface area contributed by atoms with E-state index in [0.29, 0.717) is 0 Å². The Bertz CT molecular complexity index is 1160. The summed E-state index contributed by atoms with van der Waals surface area (Å²) in [4.78, 5) is 108. The monoisotopic (exact) mass is 659 g/mol. The lowest BCUT2D eigenvalue weighted by atomic mass is 10.2. The number of imidazole rings is 1. The van der Waals surface area contributed by atoms with E-state index in [1.165, 1.54) is 10.9 Å². The highest BCUT2D eigenvalue weighted by Crippen LogP contribution is 2.30. The predicted octanol–water partition coefficient (Wildman–Crippen LogP) is -5.37. The number of phosphoric acid groups is 4. The van der Waals surface area contributed by atoms with Gasteiger partial charge in [0.05, 0.1) is 19.0 Å². The zero-order valence-corrected chi connectivity index (χ0v) is 22.2. The Balaban J connectivity index is 0. The lowest BCUT2D eigenvalue weighted by molar-refractivity contribution is -0.0432. The summed E-state index contributed by atoms with van der Waals surface area (Å²) in [5, 5.41) is 18.8. The predicted molar refractivity (Wildman–Crippen MR) is 121 cm³/mol. The number of H-pyrrole nitrogens is 1. The van der Waals surface area contributed by atoms with Crippen molar-refractivity contribution < 1.29 is 91.9 Å². The van der Waals surface area contributed by atoms with E-state index < -0.39 is 55.3 Å². The number of nitrogens with zero attached hydrogens (tertiary/aromatic N) is 3. The van der Waals surface area contributed by atoms with Crippen LogP contribution in [0.15, 0.2) is 11.1 Å². The normalized spacial score (nSPS) is 19.3. The van der Waals surface area contributed by atoms with Crippen LogP contribution in [-0.2, 0) is 23.0 Å². The molecule has 1 fully saturated rings. The highest BCUT2D eigenvalue weighted by Gasteiger charge is 2.35. The maximum Gasteiger partial charge on any atom is 0.466 e. The second kappa shape index (κ2) is 16.0. The first kappa shape index (κ1) is 39.6. The van der Waals surface area contributed by atoms with Crippen molar-refractivity contribution in [1.82, 2.24) is 19.5 Å². The van der Waals surface area contributed by atoms with Gasteiger partial charge in [0.2, 0.25) is 5.95 Å². The molecule has 25 nitrogen and oxygen atoms in total. The maximum atomic E-state index is 11.6. The molecule has 0 radical (unpaired) electrons. The van der Waals surface area contributed by atoms with Crippen molar-refractivity contribution in [1.29, 1.82) is 0 Å². The summed E-state index contributed by atoms with van der Waals surface area (Å²) in [6.07, 6.45) is -0.270. The third kappa shape index (κ3) is 25.2. The fraction of sp³-hybridized carbons (Fsp3) is 0.500. The molecule has 3 rings (SSSR count). The van der Waals surface area contributed by atoms with Crippen molar-refractivity contribution in [3.63, 3.8) is 0 Å². The van der Waals surface area contributed by atoms with Crippen LogP contribution < -0.4 is 11.3 Å². The molecule has 29 heteroatoms. The van der Waals surface area contributed by atoms with E-state index in [4.69, 9.17) is 92.6 Å². The zero-order valence-electron chi connectivity index (χ0n) is 18.6. The third-order valence-electron chi connectivity index (χ3n) is 3.15. The summed E-state index contributed by atoms with van der Waals surface area (Å²) in [6.45, 7) is -0.277. The Morgan fingerprint density at radius 2 is 1.28 bits per heavy atom. The van der Waals surface area contributed by atoms with E-state index >= 15 is 0 Å². The summed E-state index contributed by atoms with van der Waals surface area (Å²) >= 11 is 0. The lowest BCUT2D eigenvalue weighted by Gasteiger charge is -2.13. The summed E-state index contributed by atoms with van der Waals surface area (Å²) in [7, 11) is -18.6. The smallest absolute Gasteiger partial charge is 0.394 e. The molecule has 17 N–H and O–H groups in total. The van der Waals surface area contributed by atoms with Gasteiger partial charge in [-0.1, -0.05) is 0 Å². The van der Waals surface area contributed by atoms with Gasteiger partial charge in [0, 0.05) is 6.42 Å². The SMILES string of the molecule is Nc1nc2c(ncn2C2C[C@H](O)[C@@H](CO)O2)c(=O)[nH]1.O=P(O)(O)O.O=P(O)(O)O.O=P(O)(O)O.O=P(O)(O)O. The van der Waals surface area contributed by atoms with E-state index in [2.05, 4.69) is 15.0 Å². The third-order valence-corrected chi connectivity index (χ3v) is 3.15. The van der Waals surface area contributed by atoms with Crippen molar-refractivity contribution in [2.75, 3.05) is 12.3 Å². The van der Waals surface area contributed by atoms with Gasteiger partial charge in [0.1, 0.15) is 12.3 Å². The Kier molecular flexibility index (Phi) is 16.3. The largest absolute Gasteiger partial charge is 0.466 e. The van der Waals surface area contributed by atoms with Gasteiger partial charge in [-0.05, 0) is 0 Å². The number of rotatable bonds is 2. The zero-order chi connectivity index (χ0) is 31.6. The molecule has 3 heterocycles. The number of nitrogens with one attached hydrogen (secondary N) is 1. The number of hydrogen-bond acceptors (Lipinski definition) is 11. The highest BCUT2D eigenvalue weighted by molar-refractivity contribution is 7.45. The fourth-order valence-electron chi connectivity index (χ4n) is 2.20. The van der Waals surface area contributed by atoms with Crippen LogP contribution in [0.3, 0.4) is 0 Å². The van der Waals surface area contributed by atoms with Crippen LogP contribution in [-0.4, -0.2) is 107 Å². The molecular weight excluding hydrogens is 634 g/mol. The summed E-state index contributed by atoms with van der Waals surface area (Å²) < 4.78 is 42.5. The van der Waals surface area contributed by atoms with Gasteiger partial charge in [-0.2, -0.15) is 4.98 Å². The number of aliphatic hydroxyl groups excluding tert-OH is 2. The first-order valence-corrected chi connectivity index (χ1v) is 15.2. The van der Waals surface area contributed by atoms with Crippen LogP contribution in [0, 0.1) is 0 Å². The van der Waals surface area contributed by atoms with Gasteiger partial charge in [0.15, 0.2) is 11.2 Å². The number of aromatic amines is 1. The lowest BCUT2D eigenvalue weighted by Crippen LogP contribution is -2.24. The molecule has 1 aliphatic rings. The van der Waals surface area contributed by atoms with Crippen molar-refractivity contribution >= 4 is 48.4 Å². The molecule has 0 aliphatic carbocycles. The minimum atomic E-state index is -4.64. The van der Waals surface area contributed by atoms with Crippen LogP contribution in [0.2, 0.25) is 0 Å². The van der Waals surface area contributed by atoms with Crippen molar-refractivity contribution in [3.05, 3.63) is 16.7 Å². The van der Waals surface area contributed by atoms with Crippen molar-refractivity contribution in [3.8, 4) is 0 Å². The number of aromatic nitrogens is 4. The summed E-state index contributed by atoms with van der Waals surface area (Å²) in [6, 6.07) is 0. The summed E-state index contributed by atoms with van der Waals surface area (Å²) in [5.74, 6) is -0.0171. The fourth-order valence-corrected chi connectivity index (χ4v) is 2.20. The molecular formula is C10H25N5O20P4. The van der Waals surface area contributed by atoms with Gasteiger partial charge in [-0.3, -0.25) is 14.3 Å². The molecule has 230 valence electrons. The van der Waals surface area contributed by atoms with Crippen LogP contribution in [0.25, 0.3) is 11.2 Å². The van der Waals surface area contributed by atoms with E-state index in [-0.39, 0.29) is 30.1 Å². The van der Waals surface area contributed by atoms with Gasteiger partial charge in [-0.25, -0.2) is 23.2 Å². The molecule has 1 saturated heterocycles. The summed E-state index contributed by atoms with van der Waals surface area (Å²) in [5.41, 5.74) is 5.50. The number of anilines is 1. The Labute approximate surface area is 214 Å². The molecule has 39 heavy (non-hydrogen) atoms. The van der Waals surface area contributed by atoms with Crippen LogP contribution in [0.5, 0.6) is 0 Å². The standard InChI is InChI=1S/C10H13N5O4.4H3O4P/c11-10-13-8-7(9(18)14-10)12-3-15(8)6-1-4(17)5(2-16)19-6;4*1-5(2,3)4/h3-6,16-17H,1-2H2,(H3,11,13,14,18);4*(H3,1,2,3,4)/t4-,5+,6?;;;;/m0..../s1. The van der Waals surface area contributed by atoms with E-state index in [9.17, 15) is 9.90 Å². The van der Waals surface area contributed by atoms with Gasteiger partial charge in [0.25, 0.3) is 5.56 Å². The van der Waals surface area contributed by atoms with Gasteiger partial charge in [-0.15, -0.1) is 0 Å². The molecule has 2 aromatic heterocycles. The van der Waals surface area contributed by atoms with Crippen LogP contribution in [0.4, 0.5) is 5.95 Å². The van der Waals surface area contributed by atoms with E-state index in [1.54, 1.807) is 0 Å². The molecule has 0 aromatic carbocycles. The van der Waals surface area contributed by atoms with Gasteiger partial charge >= 0.3 is 31.3 Å². The molecule has 0 saturated carbocycles. The van der Waals surface area contributed by atoms with Gasteiger partial charge < -0.3 is 79.4 Å². The molecule has 1 unspecified atom stereocenters. The molecule has 0 spiro atoms. The second-order valence-corrected chi connectivity index (χ2v) is 10.5. The maximum absolute atomic E-state index is 11.6. The topological polar surface area (TPSA) is 450 Å². The Morgan fingerprint density at radius 3 is 1.62 bits per heavy atom. The molecule has 0 bridgehead atoms. The Morgan fingerprint density at radius 1 is 0.897 bits per heavy atom. The number of nitrogen functional groups attached to an aromatic ring is 1. The average molecular weight is 659 g/mol. The average Bonchev–Trinajstić information content (AvgIpc) is 3.19. The number of aliphatic hydroxyl groups is 2. The minimum Gasteiger partial charge on any atom is -0.394 e. The molecule has 1 aliphatic heterocycles. The first-order chi connectivity index (χ1) is 17.1. The van der Waals surface area contributed by atoms with Crippen molar-refractivity contribution in [2.24, 2.45) is 0 Å². The quantitative estimate of drug-likeness (QED) is 0.134. The first-order valence-electron chi connectivity index (χ1n) is 8.90. The molecule has 3 atom stereocenters. The Hall–Kier alpha value is -1.53. The number of hydrogen-bond donors (Lipinski definition) is 16. The second-order valence-electron chi connectivity index (χ2n) is 6.44. The molecule has 2 aromatic rings. The van der Waals surface area contributed by atoms with Crippen molar-refractivity contribution in [2.45, 2.75) is 24.9 Å².